The predicted molar refractivity (Wildman–Crippen MR) is 54.4 cm³/mol. The highest BCUT2D eigenvalue weighted by molar-refractivity contribution is 14.1. The Kier molecular flexibility index (Phi) is 3.36. The van der Waals surface area contributed by atoms with Gasteiger partial charge in [-0.3, -0.25) is 4.68 Å². The zero-order chi connectivity index (χ0) is 8.27. The molecule has 0 aromatic carbocycles. The lowest BCUT2D eigenvalue weighted by Gasteiger charge is -2.03. The van der Waals surface area contributed by atoms with Gasteiger partial charge in [0.25, 0.3) is 0 Å². The van der Waals surface area contributed by atoms with Crippen molar-refractivity contribution in [3.63, 3.8) is 0 Å². The molecule has 0 N–H and O–H groups in total. The van der Waals surface area contributed by atoms with Crippen LogP contribution in [-0.4, -0.2) is 9.78 Å². The molecule has 1 rings (SSSR count). The van der Waals surface area contributed by atoms with Gasteiger partial charge in [0.05, 0.1) is 0 Å². The van der Waals surface area contributed by atoms with Gasteiger partial charge >= 0.3 is 0 Å². The number of hydrogen-bond acceptors (Lipinski definition) is 1. The molecular formula is C8H13IN2. The largest absolute Gasteiger partial charge is 0.272 e. The summed E-state index contributed by atoms with van der Waals surface area (Å²) >= 11 is 2.23. The summed E-state index contributed by atoms with van der Waals surface area (Å²) in [5.41, 5.74) is 0. The predicted octanol–water partition coefficient (Wildman–Crippen LogP) is 2.53. The molecule has 62 valence electrons. The van der Waals surface area contributed by atoms with Crippen LogP contribution in [0.5, 0.6) is 0 Å². The number of aromatic nitrogens is 2. The number of aryl methyl sites for hydroxylation is 1. The van der Waals surface area contributed by atoms with Crippen LogP contribution in [0.3, 0.4) is 0 Å². The summed E-state index contributed by atoms with van der Waals surface area (Å²) in [6, 6.07) is 2.03. The van der Waals surface area contributed by atoms with Crippen LogP contribution in [0.2, 0.25) is 0 Å². The van der Waals surface area contributed by atoms with E-state index in [0.29, 0.717) is 0 Å². The monoisotopic (exact) mass is 264 g/mol. The van der Waals surface area contributed by atoms with Gasteiger partial charge in [0, 0.05) is 12.7 Å². The summed E-state index contributed by atoms with van der Waals surface area (Å²) in [4.78, 5) is 0. The van der Waals surface area contributed by atoms with Crippen LogP contribution >= 0.6 is 22.6 Å². The first-order valence-electron chi connectivity index (χ1n) is 3.87. The fraction of sp³-hybridized carbons (Fsp3) is 0.625. The lowest BCUT2D eigenvalue weighted by atomic mass is 10.1. The Morgan fingerprint density at radius 3 is 2.82 bits per heavy atom. The first-order chi connectivity index (χ1) is 5.18. The first-order valence-corrected chi connectivity index (χ1v) is 4.95. The van der Waals surface area contributed by atoms with Crippen molar-refractivity contribution < 1.29 is 0 Å². The van der Waals surface area contributed by atoms with Crippen molar-refractivity contribution in [3.8, 4) is 0 Å². The fourth-order valence-corrected chi connectivity index (χ4v) is 1.29. The molecule has 0 unspecified atom stereocenters. The molecule has 0 bridgehead atoms. The van der Waals surface area contributed by atoms with E-state index in [9.17, 15) is 0 Å². The van der Waals surface area contributed by atoms with Crippen molar-refractivity contribution in [1.29, 1.82) is 0 Å². The van der Waals surface area contributed by atoms with Gasteiger partial charge in [-0.2, -0.15) is 5.10 Å². The highest BCUT2D eigenvalue weighted by Gasteiger charge is 1.96. The molecule has 1 aromatic rings. The minimum absolute atomic E-state index is 0.761. The maximum absolute atomic E-state index is 4.29. The van der Waals surface area contributed by atoms with Gasteiger partial charge < -0.3 is 0 Å². The van der Waals surface area contributed by atoms with E-state index in [2.05, 4.69) is 41.5 Å². The van der Waals surface area contributed by atoms with Crippen LogP contribution in [0, 0.1) is 9.62 Å². The minimum atomic E-state index is 0.761. The molecule has 0 radical (unpaired) electrons. The zero-order valence-electron chi connectivity index (χ0n) is 6.92. The maximum Gasteiger partial charge on any atom is 0.123 e. The second-order valence-corrected chi connectivity index (χ2v) is 4.19. The normalized spacial score (nSPS) is 10.9. The number of hydrogen-bond donors (Lipinski definition) is 0. The summed E-state index contributed by atoms with van der Waals surface area (Å²) in [5, 5.41) is 4.29. The summed E-state index contributed by atoms with van der Waals surface area (Å²) in [5.74, 6) is 0.761. The number of halogens is 1. The molecule has 0 spiro atoms. The second-order valence-electron chi connectivity index (χ2n) is 3.08. The van der Waals surface area contributed by atoms with Gasteiger partial charge in [-0.05, 0) is 41.0 Å². The van der Waals surface area contributed by atoms with Crippen molar-refractivity contribution in [2.75, 3.05) is 0 Å². The van der Waals surface area contributed by atoms with Crippen molar-refractivity contribution >= 4 is 22.6 Å². The summed E-state index contributed by atoms with van der Waals surface area (Å²) < 4.78 is 3.08. The lowest BCUT2D eigenvalue weighted by Crippen LogP contribution is -2.01. The molecule has 0 saturated heterocycles. The molecule has 3 heteroatoms. The molecule has 1 heterocycles. The van der Waals surface area contributed by atoms with Gasteiger partial charge in [-0.1, -0.05) is 13.8 Å². The van der Waals surface area contributed by atoms with Crippen LogP contribution < -0.4 is 0 Å². The highest BCUT2D eigenvalue weighted by atomic mass is 127. The first kappa shape index (κ1) is 9.03. The standard InChI is InChI=1S/C8H13IN2/c1-7(2)3-5-11-6-4-8(9)10-11/h4,6-7H,3,5H2,1-2H3. The Morgan fingerprint density at radius 1 is 1.64 bits per heavy atom. The highest BCUT2D eigenvalue weighted by Crippen LogP contribution is 2.04. The average Bonchev–Trinajstić information content (AvgIpc) is 2.31. The molecule has 0 aliphatic heterocycles. The summed E-state index contributed by atoms with van der Waals surface area (Å²) in [6.07, 6.45) is 3.24. The van der Waals surface area contributed by atoms with Gasteiger partial charge in [0.1, 0.15) is 3.70 Å². The van der Waals surface area contributed by atoms with Crippen LogP contribution in [-0.2, 0) is 6.54 Å². The Labute approximate surface area is 81.1 Å². The third-order valence-electron chi connectivity index (χ3n) is 1.54. The van der Waals surface area contributed by atoms with Gasteiger partial charge in [-0.25, -0.2) is 0 Å². The Hall–Kier alpha value is -0.0600. The molecule has 0 aliphatic rings. The van der Waals surface area contributed by atoms with E-state index in [1.165, 1.54) is 6.42 Å². The molecule has 2 nitrogen and oxygen atoms in total. The van der Waals surface area contributed by atoms with E-state index < -0.39 is 0 Å². The minimum Gasteiger partial charge on any atom is -0.272 e. The molecule has 0 saturated carbocycles. The average molecular weight is 264 g/mol. The molecule has 0 aliphatic carbocycles. The molecule has 11 heavy (non-hydrogen) atoms. The molecule has 0 atom stereocenters. The van der Waals surface area contributed by atoms with E-state index >= 15 is 0 Å². The van der Waals surface area contributed by atoms with Crippen LogP contribution in [0.1, 0.15) is 20.3 Å². The van der Waals surface area contributed by atoms with Gasteiger partial charge in [0.15, 0.2) is 0 Å². The molecular weight excluding hydrogens is 251 g/mol. The van der Waals surface area contributed by atoms with E-state index in [4.69, 9.17) is 0 Å². The fourth-order valence-electron chi connectivity index (χ4n) is 0.852. The summed E-state index contributed by atoms with van der Waals surface area (Å²) in [6.45, 7) is 5.50. The smallest absolute Gasteiger partial charge is 0.123 e. The maximum atomic E-state index is 4.29. The van der Waals surface area contributed by atoms with Crippen molar-refractivity contribution in [2.24, 2.45) is 5.92 Å². The third-order valence-corrected chi connectivity index (χ3v) is 2.12. The number of nitrogens with zero attached hydrogens (tertiary/aromatic N) is 2. The van der Waals surface area contributed by atoms with Gasteiger partial charge in [-0.15, -0.1) is 0 Å². The molecule has 0 fully saturated rings. The Morgan fingerprint density at radius 2 is 2.36 bits per heavy atom. The second kappa shape index (κ2) is 4.09. The van der Waals surface area contributed by atoms with Crippen LogP contribution in [0.15, 0.2) is 12.3 Å². The third kappa shape index (κ3) is 3.22. The number of rotatable bonds is 3. The topological polar surface area (TPSA) is 17.8 Å². The van der Waals surface area contributed by atoms with Crippen molar-refractivity contribution in [1.82, 2.24) is 9.78 Å². The Balaban J connectivity index is 2.39. The molecule has 1 aromatic heterocycles. The van der Waals surface area contributed by atoms with Crippen LogP contribution in [0.25, 0.3) is 0 Å². The quantitative estimate of drug-likeness (QED) is 0.767. The van der Waals surface area contributed by atoms with E-state index in [-0.39, 0.29) is 0 Å². The molecule has 0 amide bonds. The van der Waals surface area contributed by atoms with E-state index in [1.54, 1.807) is 0 Å². The SMILES string of the molecule is CC(C)CCn1ccc(I)n1. The van der Waals surface area contributed by atoms with Gasteiger partial charge in [0.2, 0.25) is 0 Å². The van der Waals surface area contributed by atoms with E-state index in [1.807, 2.05) is 16.9 Å². The van der Waals surface area contributed by atoms with Crippen molar-refractivity contribution in [2.45, 2.75) is 26.8 Å². The summed E-state index contributed by atoms with van der Waals surface area (Å²) in [7, 11) is 0. The van der Waals surface area contributed by atoms with Crippen molar-refractivity contribution in [3.05, 3.63) is 16.0 Å². The van der Waals surface area contributed by atoms with E-state index in [0.717, 1.165) is 16.2 Å². The lowest BCUT2D eigenvalue weighted by molar-refractivity contribution is 0.486. The Bertz CT molecular complexity index is 218. The zero-order valence-corrected chi connectivity index (χ0v) is 9.08. The van der Waals surface area contributed by atoms with Crippen LogP contribution in [0.4, 0.5) is 0 Å².